The van der Waals surface area contributed by atoms with Crippen molar-refractivity contribution in [3.8, 4) is 6.07 Å². The average Bonchev–Trinajstić information content (AvgIpc) is 3.38. The Bertz CT molecular complexity index is 1510. The second-order valence-electron chi connectivity index (χ2n) is 15.3. The number of ether oxygens (including phenoxy) is 2. The Kier molecular flexibility index (Phi) is 17.0. The van der Waals surface area contributed by atoms with E-state index >= 15 is 0 Å². The topological polar surface area (TPSA) is 148 Å². The lowest BCUT2D eigenvalue weighted by Crippen LogP contribution is -2.44. The Hall–Kier alpha value is -2.18. The van der Waals surface area contributed by atoms with Gasteiger partial charge in [-0.15, -0.1) is 0 Å². The number of hydrogen-bond acceptors (Lipinski definition) is 11. The fourth-order valence-corrected chi connectivity index (χ4v) is 9.08. The molecule has 1 saturated heterocycles. The van der Waals surface area contributed by atoms with Gasteiger partial charge in [-0.3, -0.25) is 9.36 Å². The molecule has 0 bridgehead atoms. The first-order chi connectivity index (χ1) is 24.4. The van der Waals surface area contributed by atoms with E-state index in [1.165, 1.54) is 4.57 Å². The van der Waals surface area contributed by atoms with Crippen LogP contribution in [0.1, 0.15) is 84.8 Å². The highest BCUT2D eigenvalue weighted by molar-refractivity contribution is 7.99. The lowest BCUT2D eigenvalue weighted by atomic mass is 9.89. The molecule has 0 spiro atoms. The number of anilines is 1. The molecule has 1 aromatic carbocycles. The number of nitriles is 1. The molecule has 12 nitrogen and oxygen atoms in total. The third-order valence-electron chi connectivity index (χ3n) is 9.96. The smallest absolute Gasteiger partial charge is 0.351 e. The predicted molar refractivity (Wildman–Crippen MR) is 212 cm³/mol. The van der Waals surface area contributed by atoms with E-state index in [4.69, 9.17) is 18.5 Å². The molecule has 1 fully saturated rings. The van der Waals surface area contributed by atoms with Gasteiger partial charge in [-0.25, -0.2) is 9.46 Å². The minimum Gasteiger partial charge on any atom is -0.432 e. The second-order valence-corrected chi connectivity index (χ2v) is 22.4. The van der Waals surface area contributed by atoms with Crippen LogP contribution in [-0.2, 0) is 18.5 Å². The number of nitrogens with zero attached hydrogens (tertiary/aromatic N) is 4. The van der Waals surface area contributed by atoms with Gasteiger partial charge in [0.1, 0.15) is 24.3 Å². The molecule has 4 unspecified atom stereocenters. The van der Waals surface area contributed by atoms with Crippen molar-refractivity contribution < 1.29 is 28.1 Å². The highest BCUT2D eigenvalue weighted by Gasteiger charge is 2.53. The Balaban J connectivity index is 2.09. The van der Waals surface area contributed by atoms with Gasteiger partial charge in [-0.1, -0.05) is 45.9 Å². The fourth-order valence-electron chi connectivity index (χ4n) is 5.99. The number of carbonyl (C=O) groups excluding carboxylic acids is 1. The van der Waals surface area contributed by atoms with Gasteiger partial charge in [0.15, 0.2) is 8.32 Å². The summed E-state index contributed by atoms with van der Waals surface area (Å²) in [6.07, 6.45) is 2.33. The Morgan fingerprint density at radius 1 is 1.17 bits per heavy atom. The van der Waals surface area contributed by atoms with E-state index in [1.807, 2.05) is 33.0 Å². The molecule has 0 aliphatic carbocycles. The Labute approximate surface area is 317 Å². The zero-order valence-electron chi connectivity index (χ0n) is 32.7. The molecule has 52 heavy (non-hydrogen) atoms. The maximum absolute atomic E-state index is 13.8. The number of hydrogen-bond donors (Lipinski definition) is 2. The normalized spacial score (nSPS) is 21.3. The van der Waals surface area contributed by atoms with Crippen molar-refractivity contribution in [1.29, 1.82) is 5.26 Å². The van der Waals surface area contributed by atoms with Crippen molar-refractivity contribution in [2.45, 2.75) is 122 Å². The molecule has 290 valence electrons. The van der Waals surface area contributed by atoms with Gasteiger partial charge in [0.2, 0.25) is 0 Å². The third-order valence-corrected chi connectivity index (χ3v) is 16.8. The van der Waals surface area contributed by atoms with Gasteiger partial charge < -0.3 is 28.6 Å². The number of rotatable bonds is 20. The van der Waals surface area contributed by atoms with Crippen LogP contribution >= 0.6 is 20.3 Å². The van der Waals surface area contributed by atoms with E-state index in [0.29, 0.717) is 23.8 Å². The van der Waals surface area contributed by atoms with Crippen LogP contribution in [0.3, 0.4) is 0 Å². The van der Waals surface area contributed by atoms with E-state index in [0.717, 1.165) is 0 Å². The summed E-state index contributed by atoms with van der Waals surface area (Å²) in [5, 5.41) is 11.9. The van der Waals surface area contributed by atoms with Crippen molar-refractivity contribution in [2.75, 3.05) is 31.4 Å². The highest BCUT2D eigenvalue weighted by atomic mass is 32.2. The van der Waals surface area contributed by atoms with Gasteiger partial charge >= 0.3 is 5.69 Å². The molecule has 1 aromatic heterocycles. The van der Waals surface area contributed by atoms with Crippen molar-refractivity contribution in [2.24, 2.45) is 11.8 Å². The third kappa shape index (κ3) is 11.9. The first-order valence-electron chi connectivity index (χ1n) is 18.1. The minimum absolute atomic E-state index is 0.0685. The van der Waals surface area contributed by atoms with Crippen LogP contribution in [0, 0.1) is 23.2 Å². The maximum Gasteiger partial charge on any atom is 0.351 e. The summed E-state index contributed by atoms with van der Waals surface area (Å²) in [5.74, 6) is -0.397. The summed E-state index contributed by atoms with van der Waals surface area (Å²) in [6.45, 7) is 21.5. The molecule has 1 aliphatic rings. The number of amides is 1. The van der Waals surface area contributed by atoms with Crippen LogP contribution in [0.5, 0.6) is 0 Å². The molecule has 1 amide bonds. The van der Waals surface area contributed by atoms with E-state index in [-0.39, 0.29) is 49.4 Å². The Morgan fingerprint density at radius 3 is 2.38 bits per heavy atom. The number of benzene rings is 1. The molecular formula is C37H60N5O7PSSi. The van der Waals surface area contributed by atoms with Crippen LogP contribution in [0.4, 0.5) is 5.82 Å². The lowest BCUT2D eigenvalue weighted by molar-refractivity contribution is -0.0669. The predicted octanol–water partition coefficient (Wildman–Crippen LogP) is 7.44. The van der Waals surface area contributed by atoms with Crippen molar-refractivity contribution >= 4 is 40.3 Å². The molecule has 7 atom stereocenters. The summed E-state index contributed by atoms with van der Waals surface area (Å²) >= 11 is 1.78. The summed E-state index contributed by atoms with van der Waals surface area (Å²) in [7, 11) is -4.44. The number of carbonyl (C=O) groups is 1. The van der Waals surface area contributed by atoms with Gasteiger partial charge in [-0.2, -0.15) is 22.0 Å². The highest BCUT2D eigenvalue weighted by Crippen LogP contribution is 2.55. The molecule has 3 rings (SSSR count). The van der Waals surface area contributed by atoms with Crippen LogP contribution in [0.25, 0.3) is 0 Å². The second kappa shape index (κ2) is 19.9. The molecule has 0 radical (unpaired) electrons. The van der Waals surface area contributed by atoms with Crippen LogP contribution < -0.4 is 11.0 Å². The SMILES string of the molecule is CSC(C)C(C)COC[C@H]1O[C@@H](n2ccc(NC(=O)c3ccccc3)nc2=O)[C@@H](CC(C)(C)[Si](C)(C)O)C1OP(OCCC#N)N(C(C)C)C(C)C. The minimum atomic E-state index is -2.76. The van der Waals surface area contributed by atoms with Crippen molar-refractivity contribution in [3.05, 3.63) is 58.6 Å². The quantitative estimate of drug-likeness (QED) is 0.0785. The van der Waals surface area contributed by atoms with Gasteiger partial charge in [0.05, 0.1) is 32.3 Å². The summed E-state index contributed by atoms with van der Waals surface area (Å²) in [5.41, 5.74) is -0.152. The molecule has 1 aliphatic heterocycles. The van der Waals surface area contributed by atoms with Gasteiger partial charge in [0.25, 0.3) is 14.4 Å². The number of thioether (sulfide) groups is 1. The standard InChI is InChI=1S/C37H60N5O7PSSi/c1-25(2)42(26(3)4)50(47-21-15-19-38)49-33-30(22-37(7,8)52(10,11)45)35(48-31(33)24-46-23-27(5)28(6)51-9)41-20-18-32(40-36(41)44)39-34(43)29-16-13-12-14-17-29/h12-14,16-18,20,25-28,30-31,33,35,45H,15,21-24H2,1-11H3,(H,39,40,43,44)/t27?,28?,30-,31+,33?,35+,50?/m0/s1. The number of nitrogens with one attached hydrogen (secondary N) is 1. The monoisotopic (exact) mass is 777 g/mol. The van der Waals surface area contributed by atoms with Gasteiger partial charge in [0, 0.05) is 35.0 Å². The van der Waals surface area contributed by atoms with Crippen LogP contribution in [0.2, 0.25) is 18.1 Å². The largest absolute Gasteiger partial charge is 0.432 e. The van der Waals surface area contributed by atoms with Crippen molar-refractivity contribution in [3.63, 3.8) is 0 Å². The Morgan fingerprint density at radius 2 is 1.83 bits per heavy atom. The van der Waals surface area contributed by atoms with E-state index in [1.54, 1.807) is 48.3 Å². The van der Waals surface area contributed by atoms with E-state index < -0.39 is 51.9 Å². The fraction of sp³-hybridized carbons (Fsp3) is 0.676. The lowest BCUT2D eigenvalue weighted by Gasteiger charge is -2.41. The molecule has 2 aromatic rings. The molecule has 15 heteroatoms. The zero-order valence-corrected chi connectivity index (χ0v) is 35.4. The summed E-state index contributed by atoms with van der Waals surface area (Å²) in [4.78, 5) is 42.4. The molecule has 0 saturated carbocycles. The first-order valence-corrected chi connectivity index (χ1v) is 23.5. The van der Waals surface area contributed by atoms with E-state index in [2.05, 4.69) is 68.8 Å². The molecular weight excluding hydrogens is 718 g/mol. The van der Waals surface area contributed by atoms with Gasteiger partial charge in [-0.05, 0) is 82.6 Å². The maximum atomic E-state index is 13.8. The van der Waals surface area contributed by atoms with Crippen LogP contribution in [0.15, 0.2) is 47.4 Å². The number of aromatic nitrogens is 2. The van der Waals surface area contributed by atoms with Crippen LogP contribution in [-0.4, -0.2) is 88.9 Å². The van der Waals surface area contributed by atoms with Crippen molar-refractivity contribution in [1.82, 2.24) is 14.2 Å². The molecule has 2 heterocycles. The van der Waals surface area contributed by atoms with E-state index in [9.17, 15) is 19.6 Å². The zero-order chi connectivity index (χ0) is 38.8. The first kappa shape index (κ1) is 44.2. The summed E-state index contributed by atoms with van der Waals surface area (Å²) < 4.78 is 30.2. The molecule has 2 N–H and O–H groups in total. The summed E-state index contributed by atoms with van der Waals surface area (Å²) in [6, 6.07) is 12.6. The average molecular weight is 778 g/mol.